The Morgan fingerprint density at radius 3 is 2.17 bits per heavy atom. The fourth-order valence-electron chi connectivity index (χ4n) is 0.437. The molecular formula is C6H9F3N2O. The lowest BCUT2D eigenvalue weighted by Gasteiger charge is -2.07. The van der Waals surface area contributed by atoms with Gasteiger partial charge in [-0.1, -0.05) is 0 Å². The van der Waals surface area contributed by atoms with E-state index in [1.807, 2.05) is 0 Å². The number of rotatable bonds is 2. The Hall–Kier alpha value is -1.33. The maximum Gasteiger partial charge on any atom is 0.417 e. The van der Waals surface area contributed by atoms with Gasteiger partial charge in [-0.15, -0.1) is 0 Å². The summed E-state index contributed by atoms with van der Waals surface area (Å²) in [7, 11) is 1.16. The average molecular weight is 182 g/mol. The van der Waals surface area contributed by atoms with Gasteiger partial charge in [0.1, 0.15) is 0 Å². The molecule has 0 rings (SSSR count). The fraction of sp³-hybridized carbons (Fsp3) is 0.333. The van der Waals surface area contributed by atoms with E-state index in [1.165, 1.54) is 0 Å². The summed E-state index contributed by atoms with van der Waals surface area (Å²) in [5.41, 5.74) is 8.67. The first kappa shape index (κ1) is 10.7. The van der Waals surface area contributed by atoms with Crippen LogP contribution in [0.25, 0.3) is 0 Å². The number of methoxy groups -OCH3 is 1. The molecule has 0 aliphatic carbocycles. The average Bonchev–Trinajstić information content (AvgIpc) is 1.97. The number of ether oxygens (including phenoxy) is 1. The largest absolute Gasteiger partial charge is 0.483 e. The molecule has 0 fully saturated rings. The first-order valence-corrected chi connectivity index (χ1v) is 2.92. The smallest absolute Gasteiger partial charge is 0.417 e. The third kappa shape index (κ3) is 3.18. The first-order valence-electron chi connectivity index (χ1n) is 2.92. The molecule has 0 aliphatic heterocycles. The van der Waals surface area contributed by atoms with E-state index in [0.717, 1.165) is 7.11 Å². The second-order valence-electron chi connectivity index (χ2n) is 1.87. The number of hydrogen-bond donors (Lipinski definition) is 2. The third-order valence-corrected chi connectivity index (χ3v) is 1.04. The highest BCUT2D eigenvalue weighted by Crippen LogP contribution is 2.25. The van der Waals surface area contributed by atoms with Gasteiger partial charge in [-0.2, -0.15) is 13.2 Å². The standard InChI is InChI=1S/C6H9F3N2O/c1-12-5(11)2-4(3-10)6(7,8)9/h2-3H,10-11H2,1H3/b4-3+,5-2+. The minimum Gasteiger partial charge on any atom is -0.483 e. The number of allylic oxidation sites excluding steroid dienone is 2. The molecule has 0 aliphatic rings. The summed E-state index contributed by atoms with van der Waals surface area (Å²) in [6.07, 6.45) is -3.47. The first-order chi connectivity index (χ1) is 5.41. The monoisotopic (exact) mass is 182 g/mol. The lowest BCUT2D eigenvalue weighted by atomic mass is 10.2. The minimum absolute atomic E-state index is 0.343. The Bertz CT molecular complexity index is 207. The Labute approximate surface area is 67.5 Å². The topological polar surface area (TPSA) is 61.3 Å². The van der Waals surface area contributed by atoms with Gasteiger partial charge in [0.15, 0.2) is 5.88 Å². The molecule has 0 unspecified atom stereocenters. The van der Waals surface area contributed by atoms with Crippen molar-refractivity contribution in [3.8, 4) is 0 Å². The van der Waals surface area contributed by atoms with Crippen LogP contribution in [0.1, 0.15) is 0 Å². The van der Waals surface area contributed by atoms with Crippen LogP contribution in [0.5, 0.6) is 0 Å². The molecule has 0 aromatic carbocycles. The van der Waals surface area contributed by atoms with E-state index in [-0.39, 0.29) is 5.88 Å². The number of halogens is 3. The lowest BCUT2D eigenvalue weighted by Crippen LogP contribution is -2.14. The normalized spacial score (nSPS) is 14.7. The summed E-state index contributed by atoms with van der Waals surface area (Å²) in [4.78, 5) is 0. The molecule has 70 valence electrons. The summed E-state index contributed by atoms with van der Waals surface area (Å²) in [5.74, 6) is -0.343. The summed E-state index contributed by atoms with van der Waals surface area (Å²) in [6.45, 7) is 0. The Kier molecular flexibility index (Phi) is 3.46. The van der Waals surface area contributed by atoms with E-state index in [4.69, 9.17) is 11.5 Å². The van der Waals surface area contributed by atoms with Crippen LogP contribution >= 0.6 is 0 Å². The van der Waals surface area contributed by atoms with Crippen molar-refractivity contribution in [2.45, 2.75) is 6.18 Å². The highest BCUT2D eigenvalue weighted by atomic mass is 19.4. The van der Waals surface area contributed by atoms with Crippen molar-refractivity contribution >= 4 is 0 Å². The molecular weight excluding hydrogens is 173 g/mol. The van der Waals surface area contributed by atoms with Crippen LogP contribution in [-0.2, 0) is 4.74 Å². The van der Waals surface area contributed by atoms with Crippen molar-refractivity contribution in [3.63, 3.8) is 0 Å². The molecule has 0 amide bonds. The Morgan fingerprint density at radius 1 is 1.42 bits per heavy atom. The van der Waals surface area contributed by atoms with Crippen LogP contribution in [0.3, 0.4) is 0 Å². The minimum atomic E-state index is -4.50. The molecule has 0 aromatic rings. The molecule has 0 spiro atoms. The van der Waals surface area contributed by atoms with Crippen molar-refractivity contribution in [3.05, 3.63) is 23.7 Å². The van der Waals surface area contributed by atoms with Gasteiger partial charge < -0.3 is 16.2 Å². The van der Waals surface area contributed by atoms with E-state index < -0.39 is 11.7 Å². The molecule has 6 heteroatoms. The van der Waals surface area contributed by atoms with Crippen molar-refractivity contribution in [2.75, 3.05) is 7.11 Å². The summed E-state index contributed by atoms with van der Waals surface area (Å²) in [6, 6.07) is 0. The van der Waals surface area contributed by atoms with Crippen LogP contribution in [0.2, 0.25) is 0 Å². The summed E-state index contributed by atoms with van der Waals surface area (Å²) < 4.78 is 40.1. The molecule has 0 bridgehead atoms. The predicted molar refractivity (Wildman–Crippen MR) is 37.6 cm³/mol. The third-order valence-electron chi connectivity index (χ3n) is 1.04. The highest BCUT2D eigenvalue weighted by molar-refractivity contribution is 5.23. The van der Waals surface area contributed by atoms with Crippen molar-refractivity contribution in [2.24, 2.45) is 11.5 Å². The zero-order valence-electron chi connectivity index (χ0n) is 6.35. The van der Waals surface area contributed by atoms with Gasteiger partial charge in [0.05, 0.1) is 12.7 Å². The van der Waals surface area contributed by atoms with Crippen molar-refractivity contribution in [1.82, 2.24) is 0 Å². The van der Waals surface area contributed by atoms with E-state index in [1.54, 1.807) is 0 Å². The van der Waals surface area contributed by atoms with Gasteiger partial charge in [-0.3, -0.25) is 0 Å². The molecule has 0 heterocycles. The molecule has 0 atom stereocenters. The van der Waals surface area contributed by atoms with Gasteiger partial charge in [0.25, 0.3) is 0 Å². The van der Waals surface area contributed by atoms with Crippen molar-refractivity contribution < 1.29 is 17.9 Å². The van der Waals surface area contributed by atoms with E-state index in [9.17, 15) is 13.2 Å². The second-order valence-corrected chi connectivity index (χ2v) is 1.87. The molecule has 12 heavy (non-hydrogen) atoms. The predicted octanol–water partition coefficient (Wildman–Crippen LogP) is 0.838. The van der Waals surface area contributed by atoms with Crippen molar-refractivity contribution in [1.29, 1.82) is 0 Å². The van der Waals surface area contributed by atoms with Crippen LogP contribution < -0.4 is 11.5 Å². The number of alkyl halides is 3. The number of nitrogens with two attached hydrogens (primary N) is 2. The maximum atomic E-state index is 11.9. The Morgan fingerprint density at radius 2 is 1.92 bits per heavy atom. The maximum absolute atomic E-state index is 11.9. The Balaban J connectivity index is 4.63. The van der Waals surface area contributed by atoms with Gasteiger partial charge in [-0.05, 0) is 0 Å². The second kappa shape index (κ2) is 3.89. The van der Waals surface area contributed by atoms with Gasteiger partial charge >= 0.3 is 6.18 Å². The molecule has 3 nitrogen and oxygen atoms in total. The molecule has 0 saturated heterocycles. The quantitative estimate of drug-likeness (QED) is 0.491. The number of hydrogen-bond acceptors (Lipinski definition) is 3. The molecule has 0 aromatic heterocycles. The van der Waals surface area contributed by atoms with Gasteiger partial charge in [-0.25, -0.2) is 0 Å². The summed E-state index contributed by atoms with van der Waals surface area (Å²) in [5, 5.41) is 0. The zero-order chi connectivity index (χ0) is 9.78. The van der Waals surface area contributed by atoms with E-state index in [2.05, 4.69) is 4.74 Å². The lowest BCUT2D eigenvalue weighted by molar-refractivity contribution is -0.0886. The van der Waals surface area contributed by atoms with Crippen LogP contribution in [0, 0.1) is 0 Å². The van der Waals surface area contributed by atoms with Gasteiger partial charge in [0, 0.05) is 12.3 Å². The van der Waals surface area contributed by atoms with Crippen LogP contribution in [0.15, 0.2) is 23.7 Å². The SMILES string of the molecule is CO/C(N)=C/C(=C\N)C(F)(F)F. The van der Waals surface area contributed by atoms with Crippen LogP contribution in [-0.4, -0.2) is 13.3 Å². The van der Waals surface area contributed by atoms with E-state index in [0.29, 0.717) is 12.3 Å². The van der Waals surface area contributed by atoms with Gasteiger partial charge in [0.2, 0.25) is 0 Å². The van der Waals surface area contributed by atoms with Crippen LogP contribution in [0.4, 0.5) is 13.2 Å². The molecule has 0 radical (unpaired) electrons. The zero-order valence-corrected chi connectivity index (χ0v) is 6.35. The van der Waals surface area contributed by atoms with E-state index >= 15 is 0 Å². The molecule has 0 saturated carbocycles. The summed E-state index contributed by atoms with van der Waals surface area (Å²) >= 11 is 0. The molecule has 4 N–H and O–H groups in total. The fourth-order valence-corrected chi connectivity index (χ4v) is 0.437. The highest BCUT2D eigenvalue weighted by Gasteiger charge is 2.32.